The summed E-state index contributed by atoms with van der Waals surface area (Å²) in [4.78, 5) is 3.12. The van der Waals surface area contributed by atoms with Crippen LogP contribution in [0.15, 0.2) is 36.4 Å². The SMILES string of the molecule is S=c1[nH]c2ccc(Cl)cc2n1-c1ccc(Cl)cc1Cl. The minimum absolute atomic E-state index is 0.532. The minimum Gasteiger partial charge on any atom is -0.330 e. The highest BCUT2D eigenvalue weighted by Crippen LogP contribution is 2.29. The van der Waals surface area contributed by atoms with Gasteiger partial charge in [-0.2, -0.15) is 0 Å². The van der Waals surface area contributed by atoms with Crippen molar-refractivity contribution in [1.82, 2.24) is 9.55 Å². The number of halogens is 3. The van der Waals surface area contributed by atoms with Crippen molar-refractivity contribution in [1.29, 1.82) is 0 Å². The maximum Gasteiger partial charge on any atom is 0.182 e. The van der Waals surface area contributed by atoms with Gasteiger partial charge in [0.2, 0.25) is 0 Å². The van der Waals surface area contributed by atoms with E-state index in [4.69, 9.17) is 47.0 Å². The normalized spacial score (nSPS) is 11.1. The van der Waals surface area contributed by atoms with E-state index in [0.29, 0.717) is 19.8 Å². The molecule has 0 aliphatic heterocycles. The monoisotopic (exact) mass is 328 g/mol. The number of aromatic nitrogens is 2. The number of H-pyrrole nitrogens is 1. The lowest BCUT2D eigenvalue weighted by molar-refractivity contribution is 1.07. The fourth-order valence-corrected chi connectivity index (χ4v) is 2.94. The van der Waals surface area contributed by atoms with Crippen molar-refractivity contribution in [2.24, 2.45) is 0 Å². The van der Waals surface area contributed by atoms with Gasteiger partial charge in [-0.15, -0.1) is 0 Å². The van der Waals surface area contributed by atoms with Crippen LogP contribution in [0.5, 0.6) is 0 Å². The summed E-state index contributed by atoms with van der Waals surface area (Å²) >= 11 is 23.5. The molecule has 6 heteroatoms. The van der Waals surface area contributed by atoms with Crippen molar-refractivity contribution in [3.8, 4) is 5.69 Å². The highest BCUT2D eigenvalue weighted by Gasteiger charge is 2.10. The van der Waals surface area contributed by atoms with Crippen LogP contribution in [0.2, 0.25) is 15.1 Å². The molecular weight excluding hydrogens is 323 g/mol. The second kappa shape index (κ2) is 4.84. The Morgan fingerprint density at radius 3 is 2.37 bits per heavy atom. The number of nitrogens with one attached hydrogen (secondary N) is 1. The first-order valence-electron chi connectivity index (χ1n) is 5.42. The van der Waals surface area contributed by atoms with E-state index >= 15 is 0 Å². The maximum absolute atomic E-state index is 6.23. The molecule has 3 aromatic rings. The van der Waals surface area contributed by atoms with Crippen LogP contribution >= 0.6 is 47.0 Å². The summed E-state index contributed by atoms with van der Waals surface area (Å²) in [6, 6.07) is 10.8. The average molecular weight is 330 g/mol. The van der Waals surface area contributed by atoms with Crippen LogP contribution in [0.25, 0.3) is 16.7 Å². The second-order valence-electron chi connectivity index (χ2n) is 4.02. The van der Waals surface area contributed by atoms with Gasteiger partial charge in [0.15, 0.2) is 4.77 Å². The van der Waals surface area contributed by atoms with Gasteiger partial charge in [0.1, 0.15) is 0 Å². The molecule has 1 aromatic heterocycles. The van der Waals surface area contributed by atoms with Gasteiger partial charge in [0, 0.05) is 10.0 Å². The second-order valence-corrected chi connectivity index (χ2v) is 5.69. The Labute approximate surface area is 129 Å². The summed E-state index contributed by atoms with van der Waals surface area (Å²) in [6.45, 7) is 0. The molecule has 0 aliphatic rings. The summed E-state index contributed by atoms with van der Waals surface area (Å²) in [7, 11) is 0. The Balaban J connectivity index is 2.38. The highest BCUT2D eigenvalue weighted by atomic mass is 35.5. The minimum atomic E-state index is 0.532. The molecule has 0 saturated carbocycles. The third-order valence-corrected chi connectivity index (χ3v) is 3.85. The van der Waals surface area contributed by atoms with Crippen LogP contribution < -0.4 is 0 Å². The first-order chi connectivity index (χ1) is 9.06. The predicted octanol–water partition coefficient (Wildman–Crippen LogP) is 5.65. The molecule has 2 nitrogen and oxygen atoms in total. The number of fused-ring (bicyclic) bond motifs is 1. The van der Waals surface area contributed by atoms with Gasteiger partial charge >= 0.3 is 0 Å². The molecule has 3 rings (SSSR count). The third kappa shape index (κ3) is 2.28. The number of benzene rings is 2. The molecule has 96 valence electrons. The number of aromatic amines is 1. The summed E-state index contributed by atoms with van der Waals surface area (Å²) in [5, 5.41) is 1.75. The van der Waals surface area contributed by atoms with Gasteiger partial charge in [-0.3, -0.25) is 4.57 Å². The number of hydrogen-bond donors (Lipinski definition) is 1. The average Bonchev–Trinajstić information content (AvgIpc) is 2.65. The molecule has 0 spiro atoms. The lowest BCUT2D eigenvalue weighted by Crippen LogP contribution is -1.94. The molecule has 1 N–H and O–H groups in total. The largest absolute Gasteiger partial charge is 0.330 e. The fraction of sp³-hybridized carbons (Fsp3) is 0. The first kappa shape index (κ1) is 13.0. The molecule has 0 bridgehead atoms. The maximum atomic E-state index is 6.23. The van der Waals surface area contributed by atoms with Crippen LogP contribution in [-0.4, -0.2) is 9.55 Å². The van der Waals surface area contributed by atoms with E-state index in [2.05, 4.69) is 4.98 Å². The molecular formula is C13H7Cl3N2S. The topological polar surface area (TPSA) is 20.7 Å². The van der Waals surface area contributed by atoms with Crippen molar-refractivity contribution >= 4 is 58.1 Å². The summed E-state index contributed by atoms with van der Waals surface area (Å²) in [6.07, 6.45) is 0. The van der Waals surface area contributed by atoms with Gasteiger partial charge in [-0.05, 0) is 48.6 Å². The molecule has 0 aliphatic carbocycles. The Morgan fingerprint density at radius 1 is 0.947 bits per heavy atom. The van der Waals surface area contributed by atoms with Crippen molar-refractivity contribution < 1.29 is 0 Å². The lowest BCUT2D eigenvalue weighted by Gasteiger charge is -2.07. The van der Waals surface area contributed by atoms with Crippen molar-refractivity contribution in [3.05, 3.63) is 56.2 Å². The smallest absolute Gasteiger partial charge is 0.182 e. The molecule has 2 aromatic carbocycles. The van der Waals surface area contributed by atoms with Crippen LogP contribution in [0.4, 0.5) is 0 Å². The summed E-state index contributed by atoms with van der Waals surface area (Å²) in [5.74, 6) is 0. The van der Waals surface area contributed by atoms with Crippen LogP contribution in [0, 0.1) is 4.77 Å². The first-order valence-corrected chi connectivity index (χ1v) is 6.96. The van der Waals surface area contributed by atoms with Gasteiger partial charge in [0.05, 0.1) is 21.7 Å². The van der Waals surface area contributed by atoms with E-state index in [1.165, 1.54) is 0 Å². The zero-order chi connectivity index (χ0) is 13.6. The van der Waals surface area contributed by atoms with Gasteiger partial charge in [-0.1, -0.05) is 34.8 Å². The molecule has 0 fully saturated rings. The van der Waals surface area contributed by atoms with Gasteiger partial charge in [-0.25, -0.2) is 0 Å². The zero-order valence-corrected chi connectivity index (χ0v) is 12.5. The molecule has 0 radical (unpaired) electrons. The van der Waals surface area contributed by atoms with Crippen LogP contribution in [0.1, 0.15) is 0 Å². The Kier molecular flexibility index (Phi) is 3.31. The fourth-order valence-electron chi connectivity index (χ4n) is 1.98. The molecule has 0 saturated heterocycles. The predicted molar refractivity (Wildman–Crippen MR) is 83.5 cm³/mol. The highest BCUT2D eigenvalue weighted by molar-refractivity contribution is 7.71. The van der Waals surface area contributed by atoms with Crippen molar-refractivity contribution in [3.63, 3.8) is 0 Å². The number of rotatable bonds is 1. The number of imidazole rings is 1. The van der Waals surface area contributed by atoms with Crippen LogP contribution in [0.3, 0.4) is 0 Å². The molecule has 0 unspecified atom stereocenters. The van der Waals surface area contributed by atoms with E-state index < -0.39 is 0 Å². The molecule has 19 heavy (non-hydrogen) atoms. The van der Waals surface area contributed by atoms with E-state index in [1.54, 1.807) is 12.1 Å². The van der Waals surface area contributed by atoms with E-state index in [0.717, 1.165) is 16.7 Å². The van der Waals surface area contributed by atoms with Crippen molar-refractivity contribution in [2.75, 3.05) is 0 Å². The van der Waals surface area contributed by atoms with E-state index in [1.807, 2.05) is 28.8 Å². The molecule has 0 amide bonds. The number of hydrogen-bond acceptors (Lipinski definition) is 1. The van der Waals surface area contributed by atoms with Crippen LogP contribution in [-0.2, 0) is 0 Å². The summed E-state index contributed by atoms with van der Waals surface area (Å²) in [5.41, 5.74) is 2.55. The van der Waals surface area contributed by atoms with Crippen molar-refractivity contribution in [2.45, 2.75) is 0 Å². The number of nitrogens with zero attached hydrogens (tertiary/aromatic N) is 1. The third-order valence-electron chi connectivity index (χ3n) is 2.80. The lowest BCUT2D eigenvalue weighted by atomic mass is 10.3. The van der Waals surface area contributed by atoms with E-state index in [-0.39, 0.29) is 0 Å². The van der Waals surface area contributed by atoms with E-state index in [9.17, 15) is 0 Å². The summed E-state index contributed by atoms with van der Waals surface area (Å²) < 4.78 is 2.40. The Morgan fingerprint density at radius 2 is 1.63 bits per heavy atom. The van der Waals surface area contributed by atoms with Gasteiger partial charge < -0.3 is 4.98 Å². The standard InChI is InChI=1S/C13H7Cl3N2S/c14-7-2-4-11(9(16)5-7)18-12-6-8(15)1-3-10(12)17-13(18)19/h1-6H,(H,17,19). The zero-order valence-electron chi connectivity index (χ0n) is 9.45. The molecule has 1 heterocycles. The quantitative estimate of drug-likeness (QED) is 0.572. The Hall–Kier alpha value is -1.000. The van der Waals surface area contributed by atoms with Gasteiger partial charge in [0.25, 0.3) is 0 Å². The Bertz CT molecular complexity index is 836. The molecule has 0 atom stereocenters.